The van der Waals surface area contributed by atoms with E-state index < -0.39 is 23.5 Å². The van der Waals surface area contributed by atoms with Crippen molar-refractivity contribution in [3.63, 3.8) is 0 Å². The highest BCUT2D eigenvalue weighted by molar-refractivity contribution is 9.13. The van der Waals surface area contributed by atoms with Crippen molar-refractivity contribution in [1.82, 2.24) is 5.32 Å². The number of aliphatic hydroxyl groups is 1. The van der Waals surface area contributed by atoms with Crippen LogP contribution in [0.5, 0.6) is 0 Å². The van der Waals surface area contributed by atoms with E-state index in [0.717, 1.165) is 0 Å². The summed E-state index contributed by atoms with van der Waals surface area (Å²) in [5, 5.41) is 12.8. The minimum absolute atomic E-state index is 0.156. The van der Waals surface area contributed by atoms with Gasteiger partial charge in [0.05, 0.1) is 16.1 Å². The maximum atomic E-state index is 11.6. The summed E-state index contributed by atoms with van der Waals surface area (Å²) in [6.45, 7) is 1.25. The van der Waals surface area contributed by atoms with Crippen molar-refractivity contribution in [3.05, 3.63) is 21.1 Å². The van der Waals surface area contributed by atoms with Gasteiger partial charge in [-0.05, 0) is 44.0 Å². The Kier molecular flexibility index (Phi) is 5.67. The number of nitrogens with one attached hydrogen (secondary N) is 1. The van der Waals surface area contributed by atoms with Crippen molar-refractivity contribution in [2.45, 2.75) is 25.0 Å². The average Bonchev–Trinajstić information content (AvgIpc) is 2.33. The van der Waals surface area contributed by atoms with Crippen LogP contribution in [0.15, 0.2) is 21.1 Å². The second-order valence-corrected chi connectivity index (χ2v) is 5.99. The van der Waals surface area contributed by atoms with Crippen molar-refractivity contribution in [1.29, 1.82) is 0 Å². The summed E-state index contributed by atoms with van der Waals surface area (Å²) in [6, 6.07) is -1.02. The molecule has 1 aliphatic carbocycles. The third-order valence-corrected chi connectivity index (χ3v) is 3.76. The van der Waals surface area contributed by atoms with E-state index in [1.807, 2.05) is 0 Å². The van der Waals surface area contributed by atoms with Crippen LogP contribution >= 0.6 is 31.9 Å². The molecule has 1 amide bonds. The topological polar surface area (TPSA) is 92.7 Å². The maximum Gasteiger partial charge on any atom is 0.328 e. The smallest absolute Gasteiger partial charge is 0.328 e. The number of carbonyl (C=O) groups excluding carboxylic acids is 3. The molecule has 0 aliphatic heterocycles. The summed E-state index contributed by atoms with van der Waals surface area (Å²) >= 11 is 6.08. The summed E-state index contributed by atoms with van der Waals surface area (Å²) in [5.74, 6) is -1.43. The SMILES string of the molecule is COC(=O)[C@H](CC1(O)C=C(Br)C(=O)C(Br)=C1)NC(C)=O. The standard InChI is InChI=1S/C12H13Br2NO5/c1-6(16)15-9(11(18)20-2)5-12(19)3-7(13)10(17)8(14)4-12/h3-4,9,19H,5H2,1-2H3,(H,15,16)/t9-/m0/s1. The zero-order valence-corrected chi connectivity index (χ0v) is 13.9. The Morgan fingerprint density at radius 3 is 2.30 bits per heavy atom. The fourth-order valence-electron chi connectivity index (χ4n) is 1.75. The van der Waals surface area contributed by atoms with Gasteiger partial charge in [-0.2, -0.15) is 0 Å². The Morgan fingerprint density at radius 1 is 1.40 bits per heavy atom. The van der Waals surface area contributed by atoms with E-state index in [-0.39, 0.29) is 21.2 Å². The molecule has 0 fully saturated rings. The lowest BCUT2D eigenvalue weighted by atomic mass is 9.90. The molecule has 0 saturated heterocycles. The molecule has 0 unspecified atom stereocenters. The number of halogens is 2. The van der Waals surface area contributed by atoms with Gasteiger partial charge < -0.3 is 15.2 Å². The molecule has 1 atom stereocenters. The van der Waals surface area contributed by atoms with Crippen LogP contribution in [0, 0.1) is 0 Å². The molecule has 8 heteroatoms. The van der Waals surface area contributed by atoms with E-state index >= 15 is 0 Å². The molecule has 2 N–H and O–H groups in total. The number of ether oxygens (including phenoxy) is 1. The second-order valence-electron chi connectivity index (χ2n) is 4.29. The monoisotopic (exact) mass is 409 g/mol. The summed E-state index contributed by atoms with van der Waals surface area (Å²) in [4.78, 5) is 34.3. The Morgan fingerprint density at radius 2 is 1.90 bits per heavy atom. The first-order chi connectivity index (χ1) is 9.18. The number of amides is 1. The Hall–Kier alpha value is -0.990. The molecular weight excluding hydrogens is 398 g/mol. The summed E-state index contributed by atoms with van der Waals surface area (Å²) in [6.07, 6.45) is 2.40. The maximum absolute atomic E-state index is 11.6. The lowest BCUT2D eigenvalue weighted by Gasteiger charge is -2.28. The van der Waals surface area contributed by atoms with E-state index in [9.17, 15) is 19.5 Å². The molecule has 0 spiro atoms. The number of methoxy groups -OCH3 is 1. The van der Waals surface area contributed by atoms with Gasteiger partial charge in [-0.25, -0.2) is 4.79 Å². The number of hydrogen-bond acceptors (Lipinski definition) is 5. The van der Waals surface area contributed by atoms with Gasteiger partial charge in [-0.15, -0.1) is 0 Å². The molecule has 0 bridgehead atoms. The fourth-order valence-corrected chi connectivity index (χ4v) is 3.24. The first kappa shape index (κ1) is 17.1. The molecule has 20 heavy (non-hydrogen) atoms. The third-order valence-electron chi connectivity index (χ3n) is 2.58. The highest BCUT2D eigenvalue weighted by Crippen LogP contribution is 2.32. The average molecular weight is 411 g/mol. The highest BCUT2D eigenvalue weighted by atomic mass is 79.9. The largest absolute Gasteiger partial charge is 0.467 e. The van der Waals surface area contributed by atoms with Crippen LogP contribution in [0.1, 0.15) is 13.3 Å². The number of Topliss-reactive ketones (excluding diaryl/α,β-unsaturated/α-hetero) is 1. The number of hydrogen-bond donors (Lipinski definition) is 2. The van der Waals surface area contributed by atoms with Gasteiger partial charge in [0, 0.05) is 13.3 Å². The lowest BCUT2D eigenvalue weighted by Crippen LogP contribution is -2.46. The van der Waals surface area contributed by atoms with Gasteiger partial charge in [0.25, 0.3) is 0 Å². The van der Waals surface area contributed by atoms with Gasteiger partial charge in [-0.1, -0.05) is 0 Å². The van der Waals surface area contributed by atoms with Crippen LogP contribution in [0.3, 0.4) is 0 Å². The van der Waals surface area contributed by atoms with Crippen LogP contribution in [0.2, 0.25) is 0 Å². The van der Waals surface area contributed by atoms with Crippen LogP contribution in [-0.2, 0) is 19.1 Å². The molecule has 1 rings (SSSR count). The van der Waals surface area contributed by atoms with Crippen molar-refractivity contribution in [2.75, 3.05) is 7.11 Å². The van der Waals surface area contributed by atoms with Crippen molar-refractivity contribution >= 4 is 49.5 Å². The molecule has 6 nitrogen and oxygen atoms in total. The van der Waals surface area contributed by atoms with Gasteiger partial charge in [0.15, 0.2) is 0 Å². The predicted molar refractivity (Wildman–Crippen MR) is 78.2 cm³/mol. The summed E-state index contributed by atoms with van der Waals surface area (Å²) in [5.41, 5.74) is -1.56. The molecule has 0 aromatic rings. The Balaban J connectivity index is 3.00. The molecule has 110 valence electrons. The number of rotatable bonds is 4. The van der Waals surface area contributed by atoms with Crippen LogP contribution in [0.25, 0.3) is 0 Å². The van der Waals surface area contributed by atoms with E-state index in [2.05, 4.69) is 41.9 Å². The van der Waals surface area contributed by atoms with Crippen LogP contribution < -0.4 is 5.32 Å². The first-order valence-corrected chi connectivity index (χ1v) is 7.16. The molecule has 0 radical (unpaired) electrons. The van der Waals surface area contributed by atoms with E-state index in [1.54, 1.807) is 0 Å². The van der Waals surface area contributed by atoms with Gasteiger partial charge >= 0.3 is 5.97 Å². The van der Waals surface area contributed by atoms with Gasteiger partial charge in [0.1, 0.15) is 11.6 Å². The van der Waals surface area contributed by atoms with E-state index in [1.165, 1.54) is 26.2 Å². The fraction of sp³-hybridized carbons (Fsp3) is 0.417. The summed E-state index contributed by atoms with van der Waals surface area (Å²) < 4.78 is 4.91. The Labute approximate surface area is 132 Å². The lowest BCUT2D eigenvalue weighted by molar-refractivity contribution is -0.146. The zero-order valence-electron chi connectivity index (χ0n) is 10.8. The van der Waals surface area contributed by atoms with E-state index in [4.69, 9.17) is 0 Å². The summed E-state index contributed by atoms with van der Waals surface area (Å²) in [7, 11) is 1.18. The number of allylic oxidation sites excluding steroid dienone is 2. The van der Waals surface area contributed by atoms with Crippen molar-refractivity contribution < 1.29 is 24.2 Å². The van der Waals surface area contributed by atoms with Crippen molar-refractivity contribution in [3.8, 4) is 0 Å². The minimum Gasteiger partial charge on any atom is -0.467 e. The minimum atomic E-state index is -1.56. The number of esters is 1. The van der Waals surface area contributed by atoms with Crippen molar-refractivity contribution in [2.24, 2.45) is 0 Å². The van der Waals surface area contributed by atoms with Gasteiger partial charge in [-0.3, -0.25) is 9.59 Å². The molecule has 0 aromatic heterocycles. The predicted octanol–water partition coefficient (Wildman–Crippen LogP) is 0.926. The number of ketones is 1. The number of carbonyl (C=O) groups is 3. The second kappa shape index (κ2) is 6.64. The quantitative estimate of drug-likeness (QED) is 0.672. The first-order valence-electron chi connectivity index (χ1n) is 5.57. The van der Waals surface area contributed by atoms with Crippen LogP contribution in [0.4, 0.5) is 0 Å². The van der Waals surface area contributed by atoms with Gasteiger partial charge in [0.2, 0.25) is 11.7 Å². The third kappa shape index (κ3) is 4.26. The molecular formula is C12H13Br2NO5. The highest BCUT2D eigenvalue weighted by Gasteiger charge is 2.36. The normalized spacial score (nSPS) is 18.8. The molecule has 0 saturated carbocycles. The molecule has 0 aromatic carbocycles. The van der Waals surface area contributed by atoms with E-state index in [0.29, 0.717) is 0 Å². The van der Waals surface area contributed by atoms with Crippen LogP contribution in [-0.4, -0.2) is 41.5 Å². The molecule has 1 aliphatic rings. The Bertz CT molecular complexity index is 490. The molecule has 0 heterocycles. The zero-order chi connectivity index (χ0) is 15.5.